The molecule has 0 bridgehead atoms. The zero-order chi connectivity index (χ0) is 14.7. The number of anilines is 1. The van der Waals surface area contributed by atoms with Crippen LogP contribution in [0.3, 0.4) is 0 Å². The summed E-state index contributed by atoms with van der Waals surface area (Å²) in [5.74, 6) is 0.895. The SMILES string of the molecule is C=C(C)CNc1cc(C(=C)/C=C\C)nc2c(C)cnn12. The average molecular weight is 268 g/mol. The van der Waals surface area contributed by atoms with Gasteiger partial charge >= 0.3 is 0 Å². The van der Waals surface area contributed by atoms with Crippen molar-refractivity contribution in [3.8, 4) is 0 Å². The van der Waals surface area contributed by atoms with Gasteiger partial charge in [0.1, 0.15) is 5.82 Å². The van der Waals surface area contributed by atoms with E-state index in [0.717, 1.165) is 33.9 Å². The minimum atomic E-state index is 0.702. The average Bonchev–Trinajstić information content (AvgIpc) is 2.78. The first kappa shape index (κ1) is 14.1. The van der Waals surface area contributed by atoms with Gasteiger partial charge in [0.05, 0.1) is 11.9 Å². The molecule has 1 N–H and O–H groups in total. The molecule has 0 aliphatic carbocycles. The fourth-order valence-corrected chi connectivity index (χ4v) is 1.89. The molecule has 2 heterocycles. The highest BCUT2D eigenvalue weighted by molar-refractivity contribution is 5.73. The molecule has 0 aliphatic rings. The maximum Gasteiger partial charge on any atom is 0.160 e. The molecule has 2 aromatic rings. The maximum absolute atomic E-state index is 4.63. The minimum absolute atomic E-state index is 0.702. The Bertz CT molecular complexity index is 692. The molecule has 0 aromatic carbocycles. The number of allylic oxidation sites excluding steroid dienone is 3. The highest BCUT2D eigenvalue weighted by Crippen LogP contribution is 2.20. The predicted octanol–water partition coefficient (Wildman–Crippen LogP) is 3.62. The highest BCUT2D eigenvalue weighted by atomic mass is 15.3. The third-order valence-corrected chi connectivity index (χ3v) is 2.92. The van der Waals surface area contributed by atoms with E-state index in [2.05, 4.69) is 28.6 Å². The third kappa shape index (κ3) is 2.79. The lowest BCUT2D eigenvalue weighted by molar-refractivity contribution is 0.931. The zero-order valence-corrected chi connectivity index (χ0v) is 12.3. The molecule has 0 radical (unpaired) electrons. The van der Waals surface area contributed by atoms with Crippen molar-refractivity contribution in [1.82, 2.24) is 14.6 Å². The molecule has 0 fully saturated rings. The summed E-state index contributed by atoms with van der Waals surface area (Å²) >= 11 is 0. The van der Waals surface area contributed by atoms with Gasteiger partial charge < -0.3 is 5.32 Å². The van der Waals surface area contributed by atoms with Gasteiger partial charge in [-0.1, -0.05) is 30.9 Å². The van der Waals surface area contributed by atoms with Crippen LogP contribution in [-0.4, -0.2) is 21.1 Å². The maximum atomic E-state index is 4.63. The van der Waals surface area contributed by atoms with E-state index in [1.165, 1.54) is 0 Å². The summed E-state index contributed by atoms with van der Waals surface area (Å²) in [5.41, 5.74) is 4.68. The molecule has 2 rings (SSSR count). The van der Waals surface area contributed by atoms with Gasteiger partial charge in [0.25, 0.3) is 0 Å². The van der Waals surface area contributed by atoms with Gasteiger partial charge in [-0.25, -0.2) is 4.98 Å². The van der Waals surface area contributed by atoms with E-state index in [0.29, 0.717) is 6.54 Å². The lowest BCUT2D eigenvalue weighted by Gasteiger charge is -2.11. The van der Waals surface area contributed by atoms with Gasteiger partial charge in [-0.2, -0.15) is 9.61 Å². The summed E-state index contributed by atoms with van der Waals surface area (Å²) in [7, 11) is 0. The van der Waals surface area contributed by atoms with Crippen LogP contribution in [0.5, 0.6) is 0 Å². The smallest absolute Gasteiger partial charge is 0.160 e. The van der Waals surface area contributed by atoms with Gasteiger partial charge in [-0.05, 0) is 26.3 Å². The van der Waals surface area contributed by atoms with Gasteiger partial charge in [-0.15, -0.1) is 0 Å². The lowest BCUT2D eigenvalue weighted by Crippen LogP contribution is -2.09. The van der Waals surface area contributed by atoms with Crippen LogP contribution in [0.4, 0.5) is 5.82 Å². The number of hydrogen-bond donors (Lipinski definition) is 1. The van der Waals surface area contributed by atoms with E-state index in [9.17, 15) is 0 Å². The van der Waals surface area contributed by atoms with E-state index in [1.54, 1.807) is 0 Å². The van der Waals surface area contributed by atoms with Crippen molar-refractivity contribution in [2.75, 3.05) is 11.9 Å². The van der Waals surface area contributed by atoms with Crippen molar-refractivity contribution in [3.63, 3.8) is 0 Å². The summed E-state index contributed by atoms with van der Waals surface area (Å²) in [6.07, 6.45) is 5.72. The second-order valence-corrected chi connectivity index (χ2v) is 4.93. The first-order valence-electron chi connectivity index (χ1n) is 6.58. The largest absolute Gasteiger partial charge is 0.366 e. The van der Waals surface area contributed by atoms with E-state index >= 15 is 0 Å². The minimum Gasteiger partial charge on any atom is -0.366 e. The van der Waals surface area contributed by atoms with Gasteiger partial charge in [0.15, 0.2) is 5.65 Å². The number of rotatable bonds is 5. The highest BCUT2D eigenvalue weighted by Gasteiger charge is 2.10. The molecule has 2 aromatic heterocycles. The second-order valence-electron chi connectivity index (χ2n) is 4.93. The molecule has 0 unspecified atom stereocenters. The van der Waals surface area contributed by atoms with E-state index in [4.69, 9.17) is 0 Å². The van der Waals surface area contributed by atoms with Crippen LogP contribution >= 0.6 is 0 Å². The quantitative estimate of drug-likeness (QED) is 0.665. The first-order chi connectivity index (χ1) is 9.52. The van der Waals surface area contributed by atoms with Gasteiger partial charge in [0.2, 0.25) is 0 Å². The topological polar surface area (TPSA) is 42.2 Å². The monoisotopic (exact) mass is 268 g/mol. The normalized spacial score (nSPS) is 11.2. The molecule has 0 atom stereocenters. The Hall–Kier alpha value is -2.36. The first-order valence-corrected chi connectivity index (χ1v) is 6.58. The molecule has 4 heteroatoms. The van der Waals surface area contributed by atoms with E-state index in [1.807, 2.05) is 49.7 Å². The van der Waals surface area contributed by atoms with Crippen LogP contribution in [-0.2, 0) is 0 Å². The Morgan fingerprint density at radius 1 is 1.45 bits per heavy atom. The van der Waals surface area contributed by atoms with Crippen LogP contribution in [0.2, 0.25) is 0 Å². The number of nitrogens with zero attached hydrogens (tertiary/aromatic N) is 3. The van der Waals surface area contributed by atoms with Crippen LogP contribution in [0.25, 0.3) is 11.2 Å². The molecule has 20 heavy (non-hydrogen) atoms. The number of nitrogens with one attached hydrogen (secondary N) is 1. The zero-order valence-electron chi connectivity index (χ0n) is 12.3. The van der Waals surface area contributed by atoms with Crippen molar-refractivity contribution < 1.29 is 0 Å². The molecular weight excluding hydrogens is 248 g/mol. The van der Waals surface area contributed by atoms with E-state index in [-0.39, 0.29) is 0 Å². The summed E-state index contributed by atoms with van der Waals surface area (Å²) < 4.78 is 1.81. The Labute approximate surface area is 119 Å². The van der Waals surface area contributed by atoms with Crippen molar-refractivity contribution >= 4 is 17.0 Å². The fraction of sp³-hybridized carbons (Fsp3) is 0.250. The summed E-state index contributed by atoms with van der Waals surface area (Å²) in [5, 5.41) is 7.69. The summed E-state index contributed by atoms with van der Waals surface area (Å²) in [6, 6.07) is 1.96. The molecule has 0 spiro atoms. The Kier molecular flexibility index (Phi) is 4.03. The van der Waals surface area contributed by atoms with Gasteiger partial charge in [-0.3, -0.25) is 0 Å². The lowest BCUT2D eigenvalue weighted by atomic mass is 10.2. The van der Waals surface area contributed by atoms with Crippen LogP contribution in [0.1, 0.15) is 25.1 Å². The predicted molar refractivity (Wildman–Crippen MR) is 84.9 cm³/mol. The number of aryl methyl sites for hydroxylation is 1. The van der Waals surface area contributed by atoms with Crippen molar-refractivity contribution in [3.05, 3.63) is 54.4 Å². The molecule has 0 saturated carbocycles. The standard InChI is InChI=1S/C16H20N4/c1-6-7-12(4)14-8-15(17-9-11(2)3)20-16(19-14)13(5)10-18-20/h6-8,10,17H,2,4,9H2,1,3,5H3/b7-6-. The van der Waals surface area contributed by atoms with Crippen molar-refractivity contribution in [1.29, 1.82) is 0 Å². The third-order valence-electron chi connectivity index (χ3n) is 2.92. The molecule has 4 nitrogen and oxygen atoms in total. The number of fused-ring (bicyclic) bond motifs is 1. The summed E-state index contributed by atoms with van der Waals surface area (Å²) in [6.45, 7) is 14.6. The molecule has 0 amide bonds. The number of hydrogen-bond acceptors (Lipinski definition) is 3. The summed E-state index contributed by atoms with van der Waals surface area (Å²) in [4.78, 5) is 4.63. The van der Waals surface area contributed by atoms with Crippen LogP contribution in [0, 0.1) is 6.92 Å². The number of aromatic nitrogens is 3. The van der Waals surface area contributed by atoms with E-state index < -0.39 is 0 Å². The molecule has 104 valence electrons. The van der Waals surface area contributed by atoms with Crippen molar-refractivity contribution in [2.45, 2.75) is 20.8 Å². The Balaban J connectivity index is 2.52. The Morgan fingerprint density at radius 3 is 2.85 bits per heavy atom. The Morgan fingerprint density at radius 2 is 2.20 bits per heavy atom. The molecule has 0 aliphatic heterocycles. The second kappa shape index (κ2) is 5.74. The molecular formula is C16H20N4. The molecule has 0 saturated heterocycles. The van der Waals surface area contributed by atoms with Gasteiger partial charge in [0, 0.05) is 18.2 Å². The fourth-order valence-electron chi connectivity index (χ4n) is 1.89. The van der Waals surface area contributed by atoms with Crippen molar-refractivity contribution in [2.24, 2.45) is 0 Å². The van der Waals surface area contributed by atoms with Crippen LogP contribution in [0.15, 0.2) is 43.1 Å². The van der Waals surface area contributed by atoms with Crippen LogP contribution < -0.4 is 5.32 Å².